The quantitative estimate of drug-likeness (QED) is 0.0344. The van der Waals surface area contributed by atoms with E-state index in [4.69, 9.17) is 28.4 Å². The highest BCUT2D eigenvalue weighted by Gasteiger charge is 2.53. The van der Waals surface area contributed by atoms with E-state index in [2.05, 4.69) is 13.8 Å². The van der Waals surface area contributed by atoms with Gasteiger partial charge < -0.3 is 54.0 Å². The van der Waals surface area contributed by atoms with Crippen LogP contribution in [0.15, 0.2) is 0 Å². The van der Waals surface area contributed by atoms with Crippen molar-refractivity contribution in [2.75, 3.05) is 19.8 Å². The van der Waals surface area contributed by atoms with Gasteiger partial charge in [-0.25, -0.2) is 0 Å². The summed E-state index contributed by atoms with van der Waals surface area (Å²) < 4.78 is 35.5. The van der Waals surface area contributed by atoms with Gasteiger partial charge in [0.05, 0.1) is 13.2 Å². The molecule has 0 saturated carbocycles. The van der Waals surface area contributed by atoms with Crippen molar-refractivity contribution in [2.45, 2.75) is 218 Å². The zero-order valence-corrected chi connectivity index (χ0v) is 34.5. The lowest BCUT2D eigenvalue weighted by molar-refractivity contribution is -0.313. The lowest BCUT2D eigenvalue weighted by atomic mass is 9.97. The summed E-state index contributed by atoms with van der Waals surface area (Å²) in [5, 5.41) is 50.4. The molecule has 9 atom stereocenters. The Bertz CT molecular complexity index is 1060. The maximum Gasteiger partial charge on any atom is 0.306 e. The third-order valence-electron chi connectivity index (χ3n) is 9.75. The molecule has 328 valence electrons. The van der Waals surface area contributed by atoms with Crippen molar-refractivity contribution in [1.29, 1.82) is 0 Å². The highest BCUT2D eigenvalue weighted by atomic mass is 16.7. The van der Waals surface area contributed by atoms with Gasteiger partial charge in [0.2, 0.25) is 0 Å². The average Bonchev–Trinajstić information content (AvgIpc) is 3.18. The summed E-state index contributed by atoms with van der Waals surface area (Å²) in [6.07, 6.45) is -0.738. The molecule has 1 saturated heterocycles. The Morgan fingerprint density at radius 2 is 0.911 bits per heavy atom. The molecule has 0 aromatic heterocycles. The van der Waals surface area contributed by atoms with Crippen molar-refractivity contribution in [1.82, 2.24) is 0 Å². The van der Waals surface area contributed by atoms with Crippen LogP contribution in [0.3, 0.4) is 0 Å². The Hall–Kier alpha value is -2.40. The van der Waals surface area contributed by atoms with Crippen LogP contribution in [0.25, 0.3) is 0 Å². The zero-order valence-electron chi connectivity index (χ0n) is 34.5. The molecule has 1 aliphatic rings. The molecule has 56 heavy (non-hydrogen) atoms. The number of hydrogen-bond donors (Lipinski definition) is 5. The normalized spacial score (nSPS) is 21.8. The third-order valence-corrected chi connectivity index (χ3v) is 9.75. The molecule has 1 aliphatic heterocycles. The third kappa shape index (κ3) is 21.4. The van der Waals surface area contributed by atoms with Crippen LogP contribution in [-0.2, 0) is 47.6 Å². The molecule has 0 aliphatic carbocycles. The highest BCUT2D eigenvalue weighted by Crippen LogP contribution is 2.31. The molecule has 0 aromatic rings. The molecule has 1 rings (SSSR count). The summed E-state index contributed by atoms with van der Waals surface area (Å²) >= 11 is 0. The van der Waals surface area contributed by atoms with Gasteiger partial charge in [0.25, 0.3) is 0 Å². The molecule has 0 amide bonds. The Kier molecular flexibility index (Phi) is 29.1. The molecule has 1 heterocycles. The minimum atomic E-state index is -1.98. The summed E-state index contributed by atoms with van der Waals surface area (Å²) in [5.41, 5.74) is 0. The Morgan fingerprint density at radius 3 is 1.38 bits per heavy atom. The lowest BCUT2D eigenvalue weighted by Gasteiger charge is -2.44. The van der Waals surface area contributed by atoms with Crippen LogP contribution in [0.4, 0.5) is 0 Å². The molecule has 0 aromatic carbocycles. The number of aliphatic hydroxyl groups excluding tert-OH is 5. The number of ether oxygens (including phenoxy) is 6. The molecular formula is C41H74O15. The molecule has 1 fully saturated rings. The van der Waals surface area contributed by atoms with E-state index < -0.39 is 98.8 Å². The first-order valence-electron chi connectivity index (χ1n) is 21.3. The Morgan fingerprint density at radius 1 is 0.518 bits per heavy atom. The van der Waals surface area contributed by atoms with Crippen LogP contribution in [0.2, 0.25) is 0 Å². The average molecular weight is 807 g/mol. The summed E-state index contributed by atoms with van der Waals surface area (Å²) in [5.74, 6) is -2.47. The molecule has 15 nitrogen and oxygen atoms in total. The van der Waals surface area contributed by atoms with Crippen molar-refractivity contribution in [3.05, 3.63) is 0 Å². The van der Waals surface area contributed by atoms with E-state index in [1.807, 2.05) is 13.8 Å². The maximum atomic E-state index is 13.4. The number of carbonyl (C=O) groups is 4. The fourth-order valence-corrected chi connectivity index (χ4v) is 6.24. The number of rotatable bonds is 33. The van der Waals surface area contributed by atoms with E-state index in [9.17, 15) is 44.7 Å². The highest BCUT2D eigenvalue weighted by molar-refractivity contribution is 5.72. The number of esters is 4. The van der Waals surface area contributed by atoms with Crippen LogP contribution in [0, 0.1) is 0 Å². The van der Waals surface area contributed by atoms with E-state index in [-0.39, 0.29) is 25.7 Å². The topological polar surface area (TPSA) is 225 Å². The SMILES string of the molecule is CCCCCCCC(=O)O[C@@H]1[C@H](OC[C@@H](O)[C@@H](O)[C@H](O)[C@H](O)CO)O[C@H](COC(=O)CCCCCC)[C@@H](OC(=O)CCCCCC)[C@@H]1OC(=O)CCCCCC. The predicted molar refractivity (Wildman–Crippen MR) is 206 cm³/mol. The van der Waals surface area contributed by atoms with E-state index in [1.165, 1.54) is 0 Å². The molecule has 0 spiro atoms. The first-order chi connectivity index (χ1) is 26.9. The van der Waals surface area contributed by atoms with Crippen LogP contribution in [0.1, 0.15) is 163 Å². The van der Waals surface area contributed by atoms with Gasteiger partial charge in [-0.2, -0.15) is 0 Å². The summed E-state index contributed by atoms with van der Waals surface area (Å²) in [6, 6.07) is 0. The number of hydrogen-bond acceptors (Lipinski definition) is 15. The molecule has 0 radical (unpaired) electrons. The van der Waals surface area contributed by atoms with Gasteiger partial charge in [-0.3, -0.25) is 19.2 Å². The van der Waals surface area contributed by atoms with Crippen LogP contribution >= 0.6 is 0 Å². The monoisotopic (exact) mass is 807 g/mol. The largest absolute Gasteiger partial charge is 0.463 e. The minimum absolute atomic E-state index is 0.0121. The second-order valence-corrected chi connectivity index (χ2v) is 14.8. The molecule has 0 bridgehead atoms. The van der Waals surface area contributed by atoms with Crippen molar-refractivity contribution in [2.24, 2.45) is 0 Å². The smallest absolute Gasteiger partial charge is 0.306 e. The van der Waals surface area contributed by atoms with Crippen molar-refractivity contribution in [3.63, 3.8) is 0 Å². The van der Waals surface area contributed by atoms with Gasteiger partial charge in [-0.1, -0.05) is 111 Å². The molecule has 0 unspecified atom stereocenters. The number of aliphatic hydroxyl groups is 5. The first kappa shape index (κ1) is 51.6. The van der Waals surface area contributed by atoms with E-state index >= 15 is 0 Å². The maximum absolute atomic E-state index is 13.4. The van der Waals surface area contributed by atoms with Gasteiger partial charge in [0.15, 0.2) is 24.6 Å². The molecular weight excluding hydrogens is 732 g/mol. The van der Waals surface area contributed by atoms with Gasteiger partial charge in [-0.15, -0.1) is 0 Å². The number of unbranched alkanes of at least 4 members (excludes halogenated alkanes) is 13. The second-order valence-electron chi connectivity index (χ2n) is 14.8. The second kappa shape index (κ2) is 31.6. The van der Waals surface area contributed by atoms with Crippen molar-refractivity contribution < 1.29 is 73.1 Å². The first-order valence-corrected chi connectivity index (χ1v) is 21.3. The van der Waals surface area contributed by atoms with Crippen LogP contribution < -0.4 is 0 Å². The Labute approximate surface area is 334 Å². The summed E-state index contributed by atoms with van der Waals surface area (Å²) in [4.78, 5) is 52.9. The van der Waals surface area contributed by atoms with Gasteiger partial charge in [0, 0.05) is 25.7 Å². The van der Waals surface area contributed by atoms with Gasteiger partial charge >= 0.3 is 23.9 Å². The predicted octanol–water partition coefficient (Wildman–Crippen LogP) is 4.71. The van der Waals surface area contributed by atoms with E-state index in [0.717, 1.165) is 83.5 Å². The van der Waals surface area contributed by atoms with E-state index in [0.29, 0.717) is 25.7 Å². The van der Waals surface area contributed by atoms with Crippen LogP contribution in [0.5, 0.6) is 0 Å². The molecule has 15 heteroatoms. The van der Waals surface area contributed by atoms with Gasteiger partial charge in [0.1, 0.15) is 37.1 Å². The lowest BCUT2D eigenvalue weighted by Crippen LogP contribution is -2.63. The standard InChI is InChI=1S/C41H74O15/c1-5-9-13-17-21-25-35(48)56-40-39(55-34(47)24-20-16-12-8-4)38(54-33(46)23-19-15-11-7-3)31(28-51-32(45)22-18-14-10-6-2)53-41(40)52-27-30(44)37(50)36(49)29(43)26-42/h29-31,36-44,49-50H,5-28H2,1-4H3/t29-,30-,31-,36-,37-,38-,39+,40+,41-/m1/s1. The summed E-state index contributed by atoms with van der Waals surface area (Å²) in [6.45, 7) is 6.11. The van der Waals surface area contributed by atoms with Crippen molar-refractivity contribution >= 4 is 23.9 Å². The zero-order chi connectivity index (χ0) is 41.7. The number of carbonyl (C=O) groups excluding carboxylic acids is 4. The van der Waals surface area contributed by atoms with E-state index in [1.54, 1.807) is 0 Å². The van der Waals surface area contributed by atoms with Crippen LogP contribution in [-0.4, -0.2) is 124 Å². The fourth-order valence-electron chi connectivity index (χ4n) is 6.24. The molecule has 5 N–H and O–H groups in total. The summed E-state index contributed by atoms with van der Waals surface area (Å²) in [7, 11) is 0. The minimum Gasteiger partial charge on any atom is -0.463 e. The Balaban J connectivity index is 3.57. The van der Waals surface area contributed by atoms with Crippen molar-refractivity contribution in [3.8, 4) is 0 Å². The van der Waals surface area contributed by atoms with Gasteiger partial charge in [-0.05, 0) is 25.7 Å². The fraction of sp³-hybridized carbons (Fsp3) is 0.902.